The predicted octanol–water partition coefficient (Wildman–Crippen LogP) is 4.69. The van der Waals surface area contributed by atoms with Crippen molar-refractivity contribution in [2.24, 2.45) is 5.92 Å². The Morgan fingerprint density at radius 2 is 1.76 bits per heavy atom. The maximum absolute atomic E-state index is 12.7. The molecule has 0 saturated carbocycles. The molecule has 0 unspecified atom stereocenters. The monoisotopic (exact) mass is 331 g/mol. The molecule has 1 heterocycles. The first-order chi connectivity index (χ1) is 12.1. The van der Waals surface area contributed by atoms with E-state index in [1.807, 2.05) is 66.2 Å². The highest BCUT2D eigenvalue weighted by atomic mass is 16.1. The van der Waals surface area contributed by atoms with Crippen molar-refractivity contribution in [3.63, 3.8) is 0 Å². The number of Topliss-reactive ketones (excluding diaryl/α,β-unsaturated/α-hetero) is 1. The lowest BCUT2D eigenvalue weighted by Crippen LogP contribution is -2.19. The van der Waals surface area contributed by atoms with E-state index in [1.165, 1.54) is 0 Å². The van der Waals surface area contributed by atoms with Gasteiger partial charge in [0.15, 0.2) is 11.6 Å². The van der Waals surface area contributed by atoms with Crippen molar-refractivity contribution in [1.82, 2.24) is 9.78 Å². The standard InChI is InChI=1S/C21H21N3O/c1-14-12-18-20(19(25)13-14)21(22-17-11-7-6-8-15(17)2)23-24(18)16-9-4-3-5-10-16/h3-11,14H,12-13H2,1-2H3,(H,22,23)/t14-/m0/s1. The molecule has 0 saturated heterocycles. The van der Waals surface area contributed by atoms with E-state index < -0.39 is 0 Å². The number of benzene rings is 2. The van der Waals surface area contributed by atoms with E-state index in [-0.39, 0.29) is 5.78 Å². The van der Waals surface area contributed by atoms with E-state index in [2.05, 4.69) is 12.2 Å². The van der Waals surface area contributed by atoms with E-state index >= 15 is 0 Å². The summed E-state index contributed by atoms with van der Waals surface area (Å²) in [6, 6.07) is 18.1. The number of aryl methyl sites for hydroxylation is 1. The van der Waals surface area contributed by atoms with Crippen LogP contribution in [0.15, 0.2) is 54.6 Å². The number of hydrogen-bond acceptors (Lipinski definition) is 3. The minimum Gasteiger partial charge on any atom is -0.338 e. The number of carbonyl (C=O) groups excluding carboxylic acids is 1. The van der Waals surface area contributed by atoms with Crippen molar-refractivity contribution in [3.05, 3.63) is 71.4 Å². The van der Waals surface area contributed by atoms with Crippen molar-refractivity contribution in [1.29, 1.82) is 0 Å². The summed E-state index contributed by atoms with van der Waals surface area (Å²) in [6.45, 7) is 4.17. The summed E-state index contributed by atoms with van der Waals surface area (Å²) in [6.07, 6.45) is 1.44. The summed E-state index contributed by atoms with van der Waals surface area (Å²) < 4.78 is 1.92. The average molecular weight is 331 g/mol. The van der Waals surface area contributed by atoms with E-state index in [1.54, 1.807) is 0 Å². The maximum atomic E-state index is 12.7. The van der Waals surface area contributed by atoms with Gasteiger partial charge in [0.1, 0.15) is 0 Å². The highest BCUT2D eigenvalue weighted by Crippen LogP contribution is 2.34. The molecule has 0 aliphatic heterocycles. The van der Waals surface area contributed by atoms with E-state index in [4.69, 9.17) is 5.10 Å². The molecule has 0 amide bonds. The maximum Gasteiger partial charge on any atom is 0.168 e. The molecule has 0 spiro atoms. The molecule has 4 nitrogen and oxygen atoms in total. The number of nitrogens with zero attached hydrogens (tertiary/aromatic N) is 2. The van der Waals surface area contributed by atoms with E-state index in [9.17, 15) is 4.79 Å². The molecule has 3 aromatic rings. The number of hydrogen-bond donors (Lipinski definition) is 1. The fourth-order valence-electron chi connectivity index (χ4n) is 3.47. The Kier molecular flexibility index (Phi) is 3.88. The lowest BCUT2D eigenvalue weighted by Gasteiger charge is -2.19. The first-order valence-electron chi connectivity index (χ1n) is 8.66. The second-order valence-corrected chi connectivity index (χ2v) is 6.79. The predicted molar refractivity (Wildman–Crippen MR) is 99.8 cm³/mol. The van der Waals surface area contributed by atoms with Crippen molar-refractivity contribution in [3.8, 4) is 5.69 Å². The molecule has 1 N–H and O–H groups in total. The zero-order chi connectivity index (χ0) is 17.4. The third kappa shape index (κ3) is 2.84. The molecule has 126 valence electrons. The van der Waals surface area contributed by atoms with Crippen LogP contribution in [0, 0.1) is 12.8 Å². The van der Waals surface area contributed by atoms with Crippen LogP contribution < -0.4 is 5.32 Å². The van der Waals surface area contributed by atoms with E-state index in [0.717, 1.165) is 34.6 Å². The summed E-state index contributed by atoms with van der Waals surface area (Å²) in [5, 5.41) is 8.15. The summed E-state index contributed by atoms with van der Waals surface area (Å²) >= 11 is 0. The van der Waals surface area contributed by atoms with Gasteiger partial charge in [0.25, 0.3) is 0 Å². The van der Waals surface area contributed by atoms with Gasteiger partial charge in [-0.25, -0.2) is 4.68 Å². The molecule has 1 aliphatic rings. The third-order valence-electron chi connectivity index (χ3n) is 4.73. The van der Waals surface area contributed by atoms with Gasteiger partial charge in [0, 0.05) is 12.1 Å². The van der Waals surface area contributed by atoms with Gasteiger partial charge in [0.2, 0.25) is 0 Å². The Bertz CT molecular complexity index is 928. The Morgan fingerprint density at radius 1 is 1.04 bits per heavy atom. The van der Waals surface area contributed by atoms with Gasteiger partial charge in [-0.1, -0.05) is 43.3 Å². The number of nitrogens with one attached hydrogen (secondary N) is 1. The Hall–Kier alpha value is -2.88. The van der Waals surface area contributed by atoms with Crippen molar-refractivity contribution in [2.75, 3.05) is 5.32 Å². The minimum absolute atomic E-state index is 0.173. The fraction of sp³-hybridized carbons (Fsp3) is 0.238. The minimum atomic E-state index is 0.173. The number of carbonyl (C=O) groups is 1. The Balaban J connectivity index is 1.85. The summed E-state index contributed by atoms with van der Waals surface area (Å²) in [4.78, 5) is 12.7. The number of aromatic nitrogens is 2. The third-order valence-corrected chi connectivity index (χ3v) is 4.73. The first-order valence-corrected chi connectivity index (χ1v) is 8.66. The van der Waals surface area contributed by atoms with Crippen LogP contribution >= 0.6 is 0 Å². The average Bonchev–Trinajstić information content (AvgIpc) is 2.96. The quantitative estimate of drug-likeness (QED) is 0.757. The number of rotatable bonds is 3. The van der Waals surface area contributed by atoms with Crippen LogP contribution in [0.3, 0.4) is 0 Å². The molecular formula is C21H21N3O. The normalized spacial score (nSPS) is 16.6. The molecule has 0 fully saturated rings. The van der Waals surface area contributed by atoms with Crippen molar-refractivity contribution in [2.45, 2.75) is 26.7 Å². The molecule has 4 heteroatoms. The van der Waals surface area contributed by atoms with Crippen molar-refractivity contribution >= 4 is 17.3 Å². The van der Waals surface area contributed by atoms with Gasteiger partial charge in [0.05, 0.1) is 16.9 Å². The van der Waals surface area contributed by atoms with Gasteiger partial charge < -0.3 is 5.32 Å². The topological polar surface area (TPSA) is 46.9 Å². The van der Waals surface area contributed by atoms with Crippen LogP contribution in [-0.2, 0) is 6.42 Å². The molecule has 2 aromatic carbocycles. The highest BCUT2D eigenvalue weighted by molar-refractivity contribution is 6.03. The summed E-state index contributed by atoms with van der Waals surface area (Å²) in [7, 11) is 0. The number of fused-ring (bicyclic) bond motifs is 1. The van der Waals surface area contributed by atoms with Gasteiger partial charge in [-0.05, 0) is 43.0 Å². The zero-order valence-corrected chi connectivity index (χ0v) is 14.5. The largest absolute Gasteiger partial charge is 0.338 e. The lowest BCUT2D eigenvalue weighted by molar-refractivity contribution is 0.0953. The molecule has 4 rings (SSSR count). The number of anilines is 2. The van der Waals surface area contributed by atoms with Crippen LogP contribution in [0.1, 0.15) is 35.0 Å². The molecule has 1 aliphatic carbocycles. The Labute approximate surface area is 147 Å². The van der Waals surface area contributed by atoms with Gasteiger partial charge in [-0.15, -0.1) is 5.10 Å². The fourth-order valence-corrected chi connectivity index (χ4v) is 3.47. The van der Waals surface area contributed by atoms with Crippen LogP contribution in [0.5, 0.6) is 0 Å². The van der Waals surface area contributed by atoms with Gasteiger partial charge in [-0.3, -0.25) is 4.79 Å². The van der Waals surface area contributed by atoms with Crippen molar-refractivity contribution < 1.29 is 4.79 Å². The second-order valence-electron chi connectivity index (χ2n) is 6.79. The first kappa shape index (κ1) is 15.6. The molecule has 1 aromatic heterocycles. The highest BCUT2D eigenvalue weighted by Gasteiger charge is 2.31. The van der Waals surface area contributed by atoms with Crippen LogP contribution in [0.25, 0.3) is 5.69 Å². The zero-order valence-electron chi connectivity index (χ0n) is 14.5. The van der Waals surface area contributed by atoms with Crippen LogP contribution in [0.2, 0.25) is 0 Å². The van der Waals surface area contributed by atoms with Crippen LogP contribution in [-0.4, -0.2) is 15.6 Å². The van der Waals surface area contributed by atoms with Crippen LogP contribution in [0.4, 0.5) is 11.5 Å². The van der Waals surface area contributed by atoms with Gasteiger partial charge >= 0.3 is 0 Å². The molecule has 0 radical (unpaired) electrons. The smallest absolute Gasteiger partial charge is 0.168 e. The molecule has 25 heavy (non-hydrogen) atoms. The lowest BCUT2D eigenvalue weighted by atomic mass is 9.87. The molecular weight excluding hydrogens is 310 g/mol. The van der Waals surface area contributed by atoms with E-state index in [0.29, 0.717) is 18.2 Å². The molecule has 1 atom stereocenters. The van der Waals surface area contributed by atoms with Gasteiger partial charge in [-0.2, -0.15) is 0 Å². The summed E-state index contributed by atoms with van der Waals surface area (Å²) in [5.41, 5.74) is 4.84. The summed E-state index contributed by atoms with van der Waals surface area (Å²) in [5.74, 6) is 1.17. The molecule has 0 bridgehead atoms. The Morgan fingerprint density at radius 3 is 2.52 bits per heavy atom. The second kappa shape index (κ2) is 6.20. The SMILES string of the molecule is Cc1ccccc1Nc1nn(-c2ccccc2)c2c1C(=O)C[C@@H](C)C2. The number of para-hydroxylation sites is 2. The number of ketones is 1.